The Morgan fingerprint density at radius 2 is 2.19 bits per heavy atom. The molecule has 6 atom stereocenters. The van der Waals surface area contributed by atoms with E-state index >= 15 is 0 Å². The number of rotatable bonds is 1. The quantitative estimate of drug-likeness (QED) is 0.567. The number of para-hydroxylation sites is 1. The number of ether oxygens (including phenoxy) is 1. The van der Waals surface area contributed by atoms with Gasteiger partial charge in [-0.25, -0.2) is 0 Å². The largest absolute Gasteiger partial charge is 0.549 e. The SMILES string of the molecule is C/C=C1/C[N+]2(C)CC[C@@]34c5ccccc5N[C@]35OC[C@@]4(C(=O)[O-])[C@H]1[C@H]2C5=O. The predicted molar refractivity (Wildman–Crippen MR) is 94.4 cm³/mol. The van der Waals surface area contributed by atoms with E-state index in [2.05, 4.69) is 12.4 Å². The van der Waals surface area contributed by atoms with Crippen LogP contribution in [0.1, 0.15) is 18.9 Å². The highest BCUT2D eigenvalue weighted by molar-refractivity contribution is 6.04. The first kappa shape index (κ1) is 15.8. The number of benzene rings is 1. The molecule has 6 bridgehead atoms. The molecule has 1 spiro atoms. The van der Waals surface area contributed by atoms with Crippen molar-refractivity contribution in [2.24, 2.45) is 11.3 Å². The third-order valence-electron chi connectivity index (χ3n) is 8.39. The van der Waals surface area contributed by atoms with Gasteiger partial charge in [-0.05, 0) is 24.1 Å². The van der Waals surface area contributed by atoms with Crippen LogP contribution >= 0.6 is 0 Å². The molecule has 1 unspecified atom stereocenters. The molecule has 0 aromatic heterocycles. The van der Waals surface area contributed by atoms with Crippen LogP contribution in [0.5, 0.6) is 0 Å². The summed E-state index contributed by atoms with van der Waals surface area (Å²) in [6.45, 7) is 3.43. The lowest BCUT2D eigenvalue weighted by Gasteiger charge is -2.53. The second-order valence-corrected chi connectivity index (χ2v) is 9.07. The van der Waals surface area contributed by atoms with Crippen LogP contribution in [0.4, 0.5) is 5.69 Å². The molecule has 1 aliphatic carbocycles. The van der Waals surface area contributed by atoms with E-state index in [1.54, 1.807) is 0 Å². The summed E-state index contributed by atoms with van der Waals surface area (Å²) in [5, 5.41) is 16.3. The number of carbonyl (C=O) groups excluding carboxylic acids is 2. The summed E-state index contributed by atoms with van der Waals surface area (Å²) in [6.07, 6.45) is 2.61. The van der Waals surface area contributed by atoms with Crippen molar-refractivity contribution < 1.29 is 23.9 Å². The number of ketones is 1. The number of aliphatic carboxylic acids is 1. The number of likely N-dealkylation sites (N-methyl/N-ethyl adjacent to an activating group) is 1. The Labute approximate surface area is 157 Å². The molecule has 7 rings (SSSR count). The van der Waals surface area contributed by atoms with E-state index < -0.39 is 28.6 Å². The topological polar surface area (TPSA) is 78.5 Å². The third kappa shape index (κ3) is 1.26. The molecular weight excluding hydrogens is 344 g/mol. The van der Waals surface area contributed by atoms with Gasteiger partial charge in [0.1, 0.15) is 6.54 Å². The smallest absolute Gasteiger partial charge is 0.243 e. The Morgan fingerprint density at radius 1 is 1.41 bits per heavy atom. The Bertz CT molecular complexity index is 973. The molecule has 6 aliphatic rings. The number of nitrogens with one attached hydrogen (secondary N) is 1. The van der Waals surface area contributed by atoms with Crippen LogP contribution < -0.4 is 10.4 Å². The van der Waals surface area contributed by atoms with Crippen molar-refractivity contribution in [3.05, 3.63) is 41.5 Å². The number of nitrogens with zero attached hydrogens (tertiary/aromatic N) is 1. The van der Waals surface area contributed by atoms with E-state index in [1.165, 1.54) is 0 Å². The number of carboxylic acids is 1. The summed E-state index contributed by atoms with van der Waals surface area (Å²) in [5.74, 6) is -1.45. The second-order valence-electron chi connectivity index (χ2n) is 9.07. The number of Topliss-reactive ketones (excluding diaryl/α,β-unsaturated/α-hetero) is 1. The highest BCUT2D eigenvalue weighted by Crippen LogP contribution is 2.74. The Morgan fingerprint density at radius 3 is 2.93 bits per heavy atom. The van der Waals surface area contributed by atoms with Gasteiger partial charge in [-0.2, -0.15) is 0 Å². The van der Waals surface area contributed by atoms with Gasteiger partial charge in [-0.3, -0.25) is 4.79 Å². The van der Waals surface area contributed by atoms with Gasteiger partial charge in [-0.15, -0.1) is 0 Å². The average Bonchev–Trinajstić information content (AvgIpc) is 3.14. The van der Waals surface area contributed by atoms with Crippen molar-refractivity contribution in [1.29, 1.82) is 0 Å². The molecule has 1 N–H and O–H groups in total. The van der Waals surface area contributed by atoms with Crippen LogP contribution in [0.15, 0.2) is 35.9 Å². The normalized spacial score (nSPS) is 49.7. The molecule has 6 nitrogen and oxygen atoms in total. The van der Waals surface area contributed by atoms with E-state index in [0.29, 0.717) is 10.9 Å². The molecule has 1 aromatic carbocycles. The van der Waals surface area contributed by atoms with Crippen molar-refractivity contribution in [2.75, 3.05) is 32.1 Å². The molecule has 5 aliphatic heterocycles. The van der Waals surface area contributed by atoms with Gasteiger partial charge in [-0.1, -0.05) is 24.3 Å². The predicted octanol–water partition coefficient (Wildman–Crippen LogP) is 0.190. The van der Waals surface area contributed by atoms with Crippen LogP contribution in [0.2, 0.25) is 0 Å². The van der Waals surface area contributed by atoms with Crippen molar-refractivity contribution in [2.45, 2.75) is 30.5 Å². The average molecular weight is 366 g/mol. The monoisotopic (exact) mass is 366 g/mol. The maximum Gasteiger partial charge on any atom is 0.243 e. The Hall–Kier alpha value is -2.18. The number of hydrogen-bond donors (Lipinski definition) is 1. The molecule has 6 heteroatoms. The summed E-state index contributed by atoms with van der Waals surface area (Å²) >= 11 is 0. The fourth-order valence-corrected chi connectivity index (χ4v) is 7.42. The first-order valence-electron chi connectivity index (χ1n) is 9.65. The minimum atomic E-state index is -1.29. The number of carboxylic acid groups (broad SMARTS) is 1. The molecule has 5 heterocycles. The fourth-order valence-electron chi connectivity index (χ4n) is 7.42. The second kappa shape index (κ2) is 4.28. The van der Waals surface area contributed by atoms with Gasteiger partial charge >= 0.3 is 0 Å². The number of carbonyl (C=O) groups is 2. The number of quaternary nitrogens is 1. The fraction of sp³-hybridized carbons (Fsp3) is 0.524. The van der Waals surface area contributed by atoms with Crippen molar-refractivity contribution in [1.82, 2.24) is 0 Å². The van der Waals surface area contributed by atoms with Gasteiger partial charge in [0.2, 0.25) is 11.5 Å². The van der Waals surface area contributed by atoms with Gasteiger partial charge in [0, 0.05) is 12.1 Å². The minimum Gasteiger partial charge on any atom is -0.549 e. The molecule has 27 heavy (non-hydrogen) atoms. The summed E-state index contributed by atoms with van der Waals surface area (Å²) < 4.78 is 6.79. The Balaban J connectivity index is 1.79. The van der Waals surface area contributed by atoms with Crippen LogP contribution in [-0.4, -0.2) is 54.7 Å². The first-order chi connectivity index (χ1) is 12.9. The Kier molecular flexibility index (Phi) is 2.51. The van der Waals surface area contributed by atoms with Crippen LogP contribution in [0.25, 0.3) is 0 Å². The summed E-state index contributed by atoms with van der Waals surface area (Å²) in [5.41, 5.74) is -0.694. The molecule has 4 saturated heterocycles. The molecule has 0 amide bonds. The molecule has 1 aromatic rings. The molecular formula is C21H22N2O4. The summed E-state index contributed by atoms with van der Waals surface area (Å²) in [7, 11) is 2.09. The number of allylic oxidation sites excluding steroid dienone is 1. The maximum absolute atomic E-state index is 14.0. The molecule has 140 valence electrons. The summed E-state index contributed by atoms with van der Waals surface area (Å²) in [4.78, 5) is 26.9. The summed E-state index contributed by atoms with van der Waals surface area (Å²) in [6, 6.07) is 7.30. The first-order valence-corrected chi connectivity index (χ1v) is 9.65. The van der Waals surface area contributed by atoms with E-state index in [4.69, 9.17) is 4.74 Å². The molecule has 5 fully saturated rings. The lowest BCUT2D eigenvalue weighted by Crippen LogP contribution is -2.73. The van der Waals surface area contributed by atoms with E-state index in [9.17, 15) is 14.7 Å². The van der Waals surface area contributed by atoms with Crippen molar-refractivity contribution >= 4 is 17.4 Å². The zero-order valence-electron chi connectivity index (χ0n) is 15.5. The van der Waals surface area contributed by atoms with Crippen LogP contribution in [-0.2, 0) is 19.7 Å². The maximum atomic E-state index is 14.0. The highest BCUT2D eigenvalue weighted by atomic mass is 16.5. The van der Waals surface area contributed by atoms with E-state index in [0.717, 1.165) is 29.9 Å². The van der Waals surface area contributed by atoms with Crippen LogP contribution in [0.3, 0.4) is 0 Å². The standard InChI is InChI=1S/C21H22N2O4/c1-3-12-10-23(2)9-8-20-13-6-4-5-7-14(13)22-21(20)17(24)16(23)15(12)19(20,11-27-21)18(25)26/h3-7,15-16,22H,8-11H2,1-2H3/b12-3-/t15-,16+,19+,20+,21-,23?/m1/s1. The molecule has 1 saturated carbocycles. The number of hydrogen-bond acceptors (Lipinski definition) is 5. The zero-order valence-corrected chi connectivity index (χ0v) is 15.5. The number of anilines is 1. The van der Waals surface area contributed by atoms with Crippen molar-refractivity contribution in [3.63, 3.8) is 0 Å². The lowest BCUT2D eigenvalue weighted by atomic mass is 9.46. The van der Waals surface area contributed by atoms with Gasteiger partial charge in [0.15, 0.2) is 6.04 Å². The van der Waals surface area contributed by atoms with Gasteiger partial charge in [0.25, 0.3) is 0 Å². The zero-order chi connectivity index (χ0) is 18.8. The van der Waals surface area contributed by atoms with Gasteiger partial charge in [0.05, 0.1) is 42.9 Å². The van der Waals surface area contributed by atoms with Gasteiger partial charge < -0.3 is 24.4 Å². The number of fused-ring (bicyclic) bond motifs is 2. The lowest BCUT2D eigenvalue weighted by molar-refractivity contribution is -0.911. The highest BCUT2D eigenvalue weighted by Gasteiger charge is 2.88. The molecule has 0 radical (unpaired) electrons. The van der Waals surface area contributed by atoms with Crippen molar-refractivity contribution in [3.8, 4) is 0 Å². The van der Waals surface area contributed by atoms with Crippen LogP contribution in [0, 0.1) is 11.3 Å². The van der Waals surface area contributed by atoms with E-state index in [-0.39, 0.29) is 18.3 Å². The third-order valence-corrected chi connectivity index (χ3v) is 8.39. The van der Waals surface area contributed by atoms with E-state index in [1.807, 2.05) is 37.3 Å². The minimum absolute atomic E-state index is 0.00919.